The molecular weight excluding hydrogens is 380 g/mol. The number of benzene rings is 2. The van der Waals surface area contributed by atoms with Crippen LogP contribution in [0.15, 0.2) is 48.9 Å². The molecule has 0 bridgehead atoms. The van der Waals surface area contributed by atoms with Gasteiger partial charge in [0.1, 0.15) is 23.8 Å². The average Bonchev–Trinajstić information content (AvgIpc) is 3.22. The highest BCUT2D eigenvalue weighted by Crippen LogP contribution is 2.35. The molecule has 0 saturated carbocycles. The van der Waals surface area contributed by atoms with Gasteiger partial charge in [0.05, 0.1) is 14.2 Å². The van der Waals surface area contributed by atoms with Crippen molar-refractivity contribution < 1.29 is 18.3 Å². The molecule has 4 rings (SSSR count). The molecule has 0 aliphatic rings. The SMILES string of the molecule is COc1ccc(-c2cnc3ncnn3c2NCc2c(F)cccc2F)cc1OC. The van der Waals surface area contributed by atoms with Crippen molar-refractivity contribution in [3.8, 4) is 22.6 Å². The fraction of sp³-hybridized carbons (Fsp3) is 0.150. The van der Waals surface area contributed by atoms with Crippen LogP contribution in [0.25, 0.3) is 16.9 Å². The van der Waals surface area contributed by atoms with Crippen LogP contribution in [-0.4, -0.2) is 33.8 Å². The fourth-order valence-corrected chi connectivity index (χ4v) is 3.04. The van der Waals surface area contributed by atoms with Crippen molar-refractivity contribution in [1.29, 1.82) is 0 Å². The van der Waals surface area contributed by atoms with E-state index in [1.165, 1.54) is 29.0 Å². The van der Waals surface area contributed by atoms with Gasteiger partial charge < -0.3 is 14.8 Å². The molecule has 2 heterocycles. The molecule has 0 aliphatic carbocycles. The Morgan fingerprint density at radius 1 is 1.00 bits per heavy atom. The van der Waals surface area contributed by atoms with Crippen LogP contribution in [0, 0.1) is 11.6 Å². The molecule has 9 heteroatoms. The van der Waals surface area contributed by atoms with E-state index in [2.05, 4.69) is 20.4 Å². The Morgan fingerprint density at radius 3 is 2.48 bits per heavy atom. The van der Waals surface area contributed by atoms with Gasteiger partial charge in [-0.1, -0.05) is 12.1 Å². The standard InChI is InChI=1S/C20H17F2N5O2/c1-28-17-7-6-12(8-18(17)29-2)13-9-24-20-25-11-26-27(20)19(13)23-10-14-15(21)4-3-5-16(14)22/h3-9,11,23H,10H2,1-2H3. The number of methoxy groups -OCH3 is 2. The molecule has 2 aromatic carbocycles. The Bertz CT molecular complexity index is 1160. The monoisotopic (exact) mass is 397 g/mol. The molecule has 0 saturated heterocycles. The van der Waals surface area contributed by atoms with E-state index in [0.29, 0.717) is 28.7 Å². The van der Waals surface area contributed by atoms with Crippen LogP contribution < -0.4 is 14.8 Å². The molecule has 0 unspecified atom stereocenters. The number of aromatic nitrogens is 4. The van der Waals surface area contributed by atoms with Crippen molar-refractivity contribution in [2.24, 2.45) is 0 Å². The number of nitrogens with zero attached hydrogens (tertiary/aromatic N) is 4. The molecule has 7 nitrogen and oxygen atoms in total. The Morgan fingerprint density at radius 2 is 1.76 bits per heavy atom. The van der Waals surface area contributed by atoms with Crippen LogP contribution in [0.1, 0.15) is 5.56 Å². The van der Waals surface area contributed by atoms with Crippen LogP contribution >= 0.6 is 0 Å². The minimum atomic E-state index is -0.631. The van der Waals surface area contributed by atoms with Gasteiger partial charge in [0.2, 0.25) is 0 Å². The second-order valence-corrected chi connectivity index (χ2v) is 6.12. The van der Waals surface area contributed by atoms with E-state index < -0.39 is 11.6 Å². The first-order chi connectivity index (χ1) is 14.1. The van der Waals surface area contributed by atoms with Crippen molar-refractivity contribution in [3.05, 3.63) is 66.1 Å². The summed E-state index contributed by atoms with van der Waals surface area (Å²) in [6.07, 6.45) is 2.97. The van der Waals surface area contributed by atoms with E-state index in [9.17, 15) is 8.78 Å². The van der Waals surface area contributed by atoms with Gasteiger partial charge in [-0.3, -0.25) is 0 Å². The predicted octanol–water partition coefficient (Wildman–Crippen LogP) is 3.70. The minimum Gasteiger partial charge on any atom is -0.493 e. The lowest BCUT2D eigenvalue weighted by Crippen LogP contribution is -2.10. The van der Waals surface area contributed by atoms with Gasteiger partial charge in [-0.2, -0.15) is 14.6 Å². The quantitative estimate of drug-likeness (QED) is 0.535. The van der Waals surface area contributed by atoms with E-state index in [1.807, 2.05) is 6.07 Å². The van der Waals surface area contributed by atoms with Gasteiger partial charge in [-0.05, 0) is 29.8 Å². The highest BCUT2D eigenvalue weighted by molar-refractivity contribution is 5.77. The maximum Gasteiger partial charge on any atom is 0.254 e. The van der Waals surface area contributed by atoms with Crippen molar-refractivity contribution in [2.75, 3.05) is 19.5 Å². The summed E-state index contributed by atoms with van der Waals surface area (Å²) in [5.41, 5.74) is 1.33. The zero-order valence-corrected chi connectivity index (χ0v) is 15.7. The number of hydrogen-bond donors (Lipinski definition) is 1. The Balaban J connectivity index is 1.80. The van der Waals surface area contributed by atoms with Gasteiger partial charge in [0, 0.05) is 23.9 Å². The first-order valence-corrected chi connectivity index (χ1v) is 8.70. The summed E-state index contributed by atoms with van der Waals surface area (Å²) in [7, 11) is 3.09. The minimum absolute atomic E-state index is 0.0733. The van der Waals surface area contributed by atoms with Crippen molar-refractivity contribution in [2.45, 2.75) is 6.54 Å². The number of rotatable bonds is 6. The number of halogens is 2. The highest BCUT2D eigenvalue weighted by atomic mass is 19.1. The Kier molecular flexibility index (Phi) is 4.94. The second kappa shape index (κ2) is 7.70. The summed E-state index contributed by atoms with van der Waals surface area (Å²) >= 11 is 0. The smallest absolute Gasteiger partial charge is 0.254 e. The maximum absolute atomic E-state index is 14.1. The van der Waals surface area contributed by atoms with Crippen LogP contribution in [0.3, 0.4) is 0 Å². The van der Waals surface area contributed by atoms with Gasteiger partial charge in [0.25, 0.3) is 5.78 Å². The van der Waals surface area contributed by atoms with Crippen LogP contribution in [-0.2, 0) is 6.54 Å². The van der Waals surface area contributed by atoms with Crippen molar-refractivity contribution in [3.63, 3.8) is 0 Å². The predicted molar refractivity (Wildman–Crippen MR) is 103 cm³/mol. The molecule has 2 aromatic heterocycles. The van der Waals surface area contributed by atoms with Crippen LogP contribution in [0.2, 0.25) is 0 Å². The molecule has 1 N–H and O–H groups in total. The molecule has 0 aliphatic heterocycles. The zero-order valence-electron chi connectivity index (χ0n) is 15.7. The van der Waals surface area contributed by atoms with E-state index in [-0.39, 0.29) is 12.1 Å². The normalized spacial score (nSPS) is 10.9. The van der Waals surface area contributed by atoms with E-state index in [4.69, 9.17) is 9.47 Å². The number of anilines is 1. The van der Waals surface area contributed by atoms with Gasteiger partial charge in [-0.25, -0.2) is 13.8 Å². The first-order valence-electron chi connectivity index (χ1n) is 8.70. The Hall–Kier alpha value is -3.75. The largest absolute Gasteiger partial charge is 0.493 e. The molecule has 0 spiro atoms. The van der Waals surface area contributed by atoms with Crippen molar-refractivity contribution >= 4 is 11.6 Å². The lowest BCUT2D eigenvalue weighted by Gasteiger charge is -2.15. The number of ether oxygens (including phenoxy) is 2. The van der Waals surface area contributed by atoms with E-state index in [1.54, 1.807) is 32.5 Å². The topological polar surface area (TPSA) is 73.6 Å². The van der Waals surface area contributed by atoms with E-state index in [0.717, 1.165) is 5.56 Å². The zero-order chi connectivity index (χ0) is 20.4. The molecule has 148 valence electrons. The molecule has 4 aromatic rings. The van der Waals surface area contributed by atoms with Gasteiger partial charge in [-0.15, -0.1) is 0 Å². The number of fused-ring (bicyclic) bond motifs is 1. The molecule has 0 fully saturated rings. The summed E-state index contributed by atoms with van der Waals surface area (Å²) in [6.45, 7) is -0.0855. The average molecular weight is 397 g/mol. The first kappa shape index (κ1) is 18.6. The Labute approximate surface area is 164 Å². The molecular formula is C20H17F2N5O2. The van der Waals surface area contributed by atoms with Gasteiger partial charge >= 0.3 is 0 Å². The fourth-order valence-electron chi connectivity index (χ4n) is 3.04. The third kappa shape index (κ3) is 3.42. The molecule has 0 amide bonds. The third-order valence-corrected chi connectivity index (χ3v) is 4.49. The summed E-state index contributed by atoms with van der Waals surface area (Å²) < 4.78 is 40.2. The summed E-state index contributed by atoms with van der Waals surface area (Å²) in [5.74, 6) is 0.694. The van der Waals surface area contributed by atoms with Crippen molar-refractivity contribution in [1.82, 2.24) is 19.6 Å². The second-order valence-electron chi connectivity index (χ2n) is 6.12. The summed E-state index contributed by atoms with van der Waals surface area (Å²) in [6, 6.07) is 9.13. The highest BCUT2D eigenvalue weighted by Gasteiger charge is 2.16. The molecule has 29 heavy (non-hydrogen) atoms. The van der Waals surface area contributed by atoms with Crippen LogP contribution in [0.5, 0.6) is 11.5 Å². The lowest BCUT2D eigenvalue weighted by atomic mass is 10.1. The number of nitrogens with one attached hydrogen (secondary N) is 1. The van der Waals surface area contributed by atoms with Crippen LogP contribution in [0.4, 0.5) is 14.6 Å². The summed E-state index contributed by atoms with van der Waals surface area (Å²) in [4.78, 5) is 8.37. The lowest BCUT2D eigenvalue weighted by molar-refractivity contribution is 0.355. The van der Waals surface area contributed by atoms with E-state index >= 15 is 0 Å². The van der Waals surface area contributed by atoms with Gasteiger partial charge in [0.15, 0.2) is 11.5 Å². The third-order valence-electron chi connectivity index (χ3n) is 4.49. The molecule has 0 radical (unpaired) electrons. The number of hydrogen-bond acceptors (Lipinski definition) is 6. The summed E-state index contributed by atoms with van der Waals surface area (Å²) in [5, 5.41) is 7.25. The molecule has 0 atom stereocenters. The maximum atomic E-state index is 14.1.